The van der Waals surface area contributed by atoms with Gasteiger partial charge in [-0.1, -0.05) is 12.1 Å². The van der Waals surface area contributed by atoms with Crippen LogP contribution in [0, 0.1) is 0 Å². The number of imidazole rings is 1. The summed E-state index contributed by atoms with van der Waals surface area (Å²) in [7, 11) is -1.96. The highest BCUT2D eigenvalue weighted by molar-refractivity contribution is 7.90. The fourth-order valence-corrected chi connectivity index (χ4v) is 5.42. The summed E-state index contributed by atoms with van der Waals surface area (Å²) in [5.74, 6) is 0.522. The summed E-state index contributed by atoms with van der Waals surface area (Å²) >= 11 is 0. The van der Waals surface area contributed by atoms with Crippen LogP contribution in [0.1, 0.15) is 41.7 Å². The SMILES string of the molecule is CCOc1cc([C@H](CS(C)(=O)=O)n2c(=O)[nH]c3c(C(=O)N4CCCC4)cccc32)ccc1OC. The van der Waals surface area contributed by atoms with E-state index in [0.717, 1.165) is 19.1 Å². The molecule has 1 atom stereocenters. The van der Waals surface area contributed by atoms with E-state index in [4.69, 9.17) is 9.47 Å². The summed E-state index contributed by atoms with van der Waals surface area (Å²) in [6.45, 7) is 3.60. The maximum atomic E-state index is 13.2. The second kappa shape index (κ2) is 9.54. The van der Waals surface area contributed by atoms with E-state index < -0.39 is 21.6 Å². The van der Waals surface area contributed by atoms with E-state index in [2.05, 4.69) is 4.98 Å². The van der Waals surface area contributed by atoms with Crippen molar-refractivity contribution < 1.29 is 22.7 Å². The molecule has 1 aliphatic heterocycles. The average molecular weight is 488 g/mol. The molecule has 0 spiro atoms. The standard InChI is InChI=1S/C24H29N3O6S/c1-4-33-21-14-16(10-11-20(21)32-2)19(15-34(3,30)31)27-18-9-7-8-17(22(18)25-24(27)29)23(28)26-12-5-6-13-26/h7-11,14,19H,4-6,12-13,15H2,1-3H3,(H,25,29)/t19-/m0/s1. The molecule has 1 amide bonds. The number of aromatic amines is 1. The molecular weight excluding hydrogens is 458 g/mol. The van der Waals surface area contributed by atoms with Crippen molar-refractivity contribution >= 4 is 26.8 Å². The Morgan fingerprint density at radius 3 is 2.53 bits per heavy atom. The van der Waals surface area contributed by atoms with Crippen molar-refractivity contribution in [3.8, 4) is 11.5 Å². The number of hydrogen-bond acceptors (Lipinski definition) is 6. The van der Waals surface area contributed by atoms with Crippen LogP contribution in [-0.2, 0) is 9.84 Å². The summed E-state index contributed by atoms with van der Waals surface area (Å²) in [6, 6.07) is 9.40. The third-order valence-corrected chi connectivity index (χ3v) is 6.94. The first-order chi connectivity index (χ1) is 16.2. The molecule has 4 rings (SSSR count). The number of rotatable bonds is 8. The van der Waals surface area contributed by atoms with Crippen molar-refractivity contribution in [3.05, 3.63) is 58.0 Å². The minimum absolute atomic E-state index is 0.140. The number of para-hydroxylation sites is 1. The first-order valence-corrected chi connectivity index (χ1v) is 13.3. The van der Waals surface area contributed by atoms with Gasteiger partial charge in [-0.05, 0) is 49.6 Å². The number of amides is 1. The lowest BCUT2D eigenvalue weighted by Gasteiger charge is -2.21. The average Bonchev–Trinajstić information content (AvgIpc) is 3.44. The Balaban J connectivity index is 1.88. The highest BCUT2D eigenvalue weighted by atomic mass is 32.2. The summed E-state index contributed by atoms with van der Waals surface area (Å²) < 4.78 is 37.2. The quantitative estimate of drug-likeness (QED) is 0.523. The third kappa shape index (κ3) is 4.68. The number of carbonyl (C=O) groups excluding carboxylic acids is 1. The lowest BCUT2D eigenvalue weighted by Crippen LogP contribution is -2.28. The maximum absolute atomic E-state index is 13.2. The van der Waals surface area contributed by atoms with Crippen molar-refractivity contribution in [2.75, 3.05) is 38.8 Å². The van der Waals surface area contributed by atoms with Gasteiger partial charge in [-0.25, -0.2) is 13.2 Å². The van der Waals surface area contributed by atoms with Gasteiger partial charge < -0.3 is 19.4 Å². The lowest BCUT2D eigenvalue weighted by molar-refractivity contribution is 0.0794. The topological polar surface area (TPSA) is 111 Å². The number of methoxy groups -OCH3 is 1. The Labute approximate surface area is 198 Å². The molecule has 1 N–H and O–H groups in total. The van der Waals surface area contributed by atoms with Crippen LogP contribution in [0.15, 0.2) is 41.2 Å². The van der Waals surface area contributed by atoms with E-state index in [-0.39, 0.29) is 11.7 Å². The number of fused-ring (bicyclic) bond motifs is 1. The van der Waals surface area contributed by atoms with Crippen molar-refractivity contribution in [3.63, 3.8) is 0 Å². The summed E-state index contributed by atoms with van der Waals surface area (Å²) in [5, 5.41) is 0. The molecular formula is C24H29N3O6S. The van der Waals surface area contributed by atoms with E-state index in [1.807, 2.05) is 6.92 Å². The van der Waals surface area contributed by atoms with E-state index in [1.54, 1.807) is 41.3 Å². The van der Waals surface area contributed by atoms with Gasteiger partial charge in [-0.15, -0.1) is 0 Å². The molecule has 0 bridgehead atoms. The minimum atomic E-state index is -3.48. The number of nitrogens with zero attached hydrogens (tertiary/aromatic N) is 2. The summed E-state index contributed by atoms with van der Waals surface area (Å²) in [5.41, 5.74) is 1.37. The predicted molar refractivity (Wildman–Crippen MR) is 130 cm³/mol. The second-order valence-electron chi connectivity index (χ2n) is 8.45. The lowest BCUT2D eigenvalue weighted by atomic mass is 10.1. The van der Waals surface area contributed by atoms with Crippen LogP contribution in [0.25, 0.3) is 11.0 Å². The number of hydrogen-bond donors (Lipinski definition) is 1. The number of benzene rings is 2. The molecule has 0 unspecified atom stereocenters. The Hall–Kier alpha value is -3.27. The number of H-pyrrole nitrogens is 1. The van der Waals surface area contributed by atoms with Gasteiger partial charge in [0, 0.05) is 19.3 Å². The zero-order valence-electron chi connectivity index (χ0n) is 19.5. The maximum Gasteiger partial charge on any atom is 0.327 e. The molecule has 1 aliphatic rings. The van der Waals surface area contributed by atoms with Crippen molar-refractivity contribution in [1.29, 1.82) is 0 Å². The molecule has 34 heavy (non-hydrogen) atoms. The third-order valence-electron chi connectivity index (χ3n) is 6.02. The van der Waals surface area contributed by atoms with Crippen LogP contribution in [0.3, 0.4) is 0 Å². The minimum Gasteiger partial charge on any atom is -0.493 e. The van der Waals surface area contributed by atoms with Gasteiger partial charge >= 0.3 is 5.69 Å². The zero-order chi connectivity index (χ0) is 24.5. The van der Waals surface area contributed by atoms with Gasteiger partial charge in [-0.2, -0.15) is 0 Å². The molecule has 3 aromatic rings. The molecule has 0 radical (unpaired) electrons. The highest BCUT2D eigenvalue weighted by Crippen LogP contribution is 2.33. The smallest absolute Gasteiger partial charge is 0.327 e. The number of aromatic nitrogens is 2. The highest BCUT2D eigenvalue weighted by Gasteiger charge is 2.27. The Morgan fingerprint density at radius 1 is 1.15 bits per heavy atom. The monoisotopic (exact) mass is 487 g/mol. The van der Waals surface area contributed by atoms with Crippen LogP contribution in [0.5, 0.6) is 11.5 Å². The van der Waals surface area contributed by atoms with Gasteiger partial charge in [0.25, 0.3) is 5.91 Å². The molecule has 1 fully saturated rings. The van der Waals surface area contributed by atoms with Gasteiger partial charge in [0.2, 0.25) is 0 Å². The van der Waals surface area contributed by atoms with Crippen LogP contribution < -0.4 is 15.2 Å². The molecule has 1 saturated heterocycles. The summed E-state index contributed by atoms with van der Waals surface area (Å²) in [6.07, 6.45) is 3.04. The molecule has 182 valence electrons. The molecule has 1 aromatic heterocycles. The molecule has 0 saturated carbocycles. The van der Waals surface area contributed by atoms with Crippen LogP contribution in [0.4, 0.5) is 0 Å². The van der Waals surface area contributed by atoms with Crippen LogP contribution >= 0.6 is 0 Å². The van der Waals surface area contributed by atoms with E-state index in [0.29, 0.717) is 53.4 Å². The van der Waals surface area contributed by atoms with Crippen LogP contribution in [-0.4, -0.2) is 67.6 Å². The Bertz CT molecular complexity index is 1370. The number of likely N-dealkylation sites (tertiary alicyclic amines) is 1. The second-order valence-corrected chi connectivity index (χ2v) is 10.6. The van der Waals surface area contributed by atoms with E-state index in [1.165, 1.54) is 11.7 Å². The van der Waals surface area contributed by atoms with Crippen LogP contribution in [0.2, 0.25) is 0 Å². The zero-order valence-corrected chi connectivity index (χ0v) is 20.4. The van der Waals surface area contributed by atoms with Crippen molar-refractivity contribution in [2.24, 2.45) is 0 Å². The fourth-order valence-electron chi connectivity index (χ4n) is 4.50. The number of carbonyl (C=O) groups is 1. The van der Waals surface area contributed by atoms with E-state index in [9.17, 15) is 18.0 Å². The van der Waals surface area contributed by atoms with Gasteiger partial charge in [0.15, 0.2) is 11.5 Å². The molecule has 2 aromatic carbocycles. The fraction of sp³-hybridized carbons (Fsp3) is 0.417. The Morgan fingerprint density at radius 2 is 1.88 bits per heavy atom. The molecule has 9 nitrogen and oxygen atoms in total. The normalized spacial score (nSPS) is 15.0. The predicted octanol–water partition coefficient (Wildman–Crippen LogP) is 2.61. The number of nitrogens with one attached hydrogen (secondary N) is 1. The first kappa shape index (κ1) is 23.9. The van der Waals surface area contributed by atoms with Gasteiger partial charge in [-0.3, -0.25) is 9.36 Å². The Kier molecular flexibility index (Phi) is 6.70. The molecule has 10 heteroatoms. The molecule has 0 aliphatic carbocycles. The van der Waals surface area contributed by atoms with Crippen molar-refractivity contribution in [2.45, 2.75) is 25.8 Å². The van der Waals surface area contributed by atoms with Gasteiger partial charge in [0.1, 0.15) is 9.84 Å². The molecule has 2 heterocycles. The number of ether oxygens (including phenoxy) is 2. The number of sulfone groups is 1. The summed E-state index contributed by atoms with van der Waals surface area (Å²) in [4.78, 5) is 30.9. The first-order valence-electron chi connectivity index (χ1n) is 11.2. The van der Waals surface area contributed by atoms with Gasteiger partial charge in [0.05, 0.1) is 42.1 Å². The van der Waals surface area contributed by atoms with Crippen molar-refractivity contribution in [1.82, 2.24) is 14.5 Å². The largest absolute Gasteiger partial charge is 0.493 e. The van der Waals surface area contributed by atoms with E-state index >= 15 is 0 Å².